The molecule has 0 saturated carbocycles. The summed E-state index contributed by atoms with van der Waals surface area (Å²) in [7, 11) is 0. The molecule has 0 bridgehead atoms. The van der Waals surface area contributed by atoms with E-state index in [-0.39, 0.29) is 11.9 Å². The van der Waals surface area contributed by atoms with Crippen molar-refractivity contribution in [2.24, 2.45) is 0 Å². The third kappa shape index (κ3) is 2.93. The number of carbonyl (C=O) groups excluding carboxylic acids is 1. The average molecular weight is 363 g/mol. The molecule has 27 heavy (non-hydrogen) atoms. The number of hydrogen-bond donors (Lipinski definition) is 0. The molecule has 1 aromatic heterocycles. The Kier molecular flexibility index (Phi) is 4.00. The van der Waals surface area contributed by atoms with Crippen LogP contribution in [0.4, 0.5) is 0 Å². The highest BCUT2D eigenvalue weighted by molar-refractivity contribution is 5.96. The summed E-state index contributed by atoms with van der Waals surface area (Å²) in [5, 5.41) is 0.951. The zero-order valence-corrected chi connectivity index (χ0v) is 15.0. The number of hydrogen-bond acceptors (Lipinski definition) is 4. The van der Waals surface area contributed by atoms with Gasteiger partial charge in [0.2, 0.25) is 0 Å². The summed E-state index contributed by atoms with van der Waals surface area (Å²) in [5.41, 5.74) is 1.83. The van der Waals surface area contributed by atoms with Crippen molar-refractivity contribution in [3.05, 3.63) is 59.9 Å². The van der Waals surface area contributed by atoms with E-state index in [1.807, 2.05) is 53.4 Å². The lowest BCUT2D eigenvalue weighted by Gasteiger charge is -2.24. The lowest BCUT2D eigenvalue weighted by atomic mass is 10.0. The Labute approximate surface area is 157 Å². The Morgan fingerprint density at radius 1 is 0.963 bits per heavy atom. The molecule has 3 aromatic rings. The maximum Gasteiger partial charge on any atom is 0.290 e. The maximum atomic E-state index is 13.1. The highest BCUT2D eigenvalue weighted by Crippen LogP contribution is 2.38. The second-order valence-electron chi connectivity index (χ2n) is 7.06. The Balaban J connectivity index is 1.44. The molecule has 5 nitrogen and oxygen atoms in total. The van der Waals surface area contributed by atoms with E-state index in [1.165, 1.54) is 0 Å². The highest BCUT2D eigenvalue weighted by atomic mass is 16.5. The summed E-state index contributed by atoms with van der Waals surface area (Å²) in [4.78, 5) is 15.0. The first-order chi connectivity index (χ1) is 13.3. The van der Waals surface area contributed by atoms with Gasteiger partial charge in [-0.25, -0.2) is 0 Å². The van der Waals surface area contributed by atoms with Gasteiger partial charge in [0.15, 0.2) is 17.3 Å². The van der Waals surface area contributed by atoms with Crippen LogP contribution in [0.5, 0.6) is 11.5 Å². The van der Waals surface area contributed by atoms with Gasteiger partial charge in [-0.2, -0.15) is 0 Å². The number of para-hydroxylation sites is 1. The Hall–Kier alpha value is -2.95. The van der Waals surface area contributed by atoms with Gasteiger partial charge in [0, 0.05) is 18.4 Å². The van der Waals surface area contributed by atoms with Crippen LogP contribution < -0.4 is 9.47 Å². The van der Waals surface area contributed by atoms with Crippen molar-refractivity contribution in [2.45, 2.75) is 25.3 Å². The van der Waals surface area contributed by atoms with E-state index in [2.05, 4.69) is 0 Å². The summed E-state index contributed by atoms with van der Waals surface area (Å²) in [6.07, 6.45) is 2.79. The summed E-state index contributed by atoms with van der Waals surface area (Å²) < 4.78 is 17.3. The number of carbonyl (C=O) groups is 1. The standard InChI is InChI=1S/C22H21NO4/c24-22(21-14-16-5-1-2-7-18(16)27-21)23-10-3-6-17(23)15-8-9-19-20(13-15)26-12-4-11-25-19/h1-2,5,7-9,13-14,17H,3-4,6,10-12H2/t17-/m1/s1. The van der Waals surface area contributed by atoms with E-state index >= 15 is 0 Å². The van der Waals surface area contributed by atoms with Gasteiger partial charge < -0.3 is 18.8 Å². The normalized spacial score (nSPS) is 19.3. The van der Waals surface area contributed by atoms with Gasteiger partial charge in [0.1, 0.15) is 5.58 Å². The van der Waals surface area contributed by atoms with Crippen LogP contribution in [0, 0.1) is 0 Å². The monoisotopic (exact) mass is 363 g/mol. The quantitative estimate of drug-likeness (QED) is 0.669. The molecule has 0 aliphatic carbocycles. The van der Waals surface area contributed by atoms with Gasteiger partial charge in [-0.3, -0.25) is 4.79 Å². The number of nitrogens with zero attached hydrogens (tertiary/aromatic N) is 1. The Bertz CT molecular complexity index is 960. The van der Waals surface area contributed by atoms with Crippen LogP contribution >= 0.6 is 0 Å². The first-order valence-electron chi connectivity index (χ1n) is 9.49. The van der Waals surface area contributed by atoms with E-state index in [9.17, 15) is 4.79 Å². The van der Waals surface area contributed by atoms with Crippen molar-refractivity contribution in [3.63, 3.8) is 0 Å². The number of amides is 1. The number of benzene rings is 2. The number of likely N-dealkylation sites (tertiary alicyclic amines) is 1. The lowest BCUT2D eigenvalue weighted by molar-refractivity contribution is 0.0705. The number of ether oxygens (including phenoxy) is 2. The van der Waals surface area contributed by atoms with Crippen LogP contribution in [-0.2, 0) is 0 Å². The van der Waals surface area contributed by atoms with Crippen LogP contribution in [0.25, 0.3) is 11.0 Å². The van der Waals surface area contributed by atoms with Crippen molar-refractivity contribution in [2.75, 3.05) is 19.8 Å². The van der Waals surface area contributed by atoms with Crippen molar-refractivity contribution < 1.29 is 18.7 Å². The molecule has 5 rings (SSSR count). The third-order valence-corrected chi connectivity index (χ3v) is 5.31. The number of rotatable bonds is 2. The van der Waals surface area contributed by atoms with Crippen molar-refractivity contribution in [1.82, 2.24) is 4.90 Å². The first kappa shape index (κ1) is 16.2. The zero-order valence-electron chi connectivity index (χ0n) is 15.0. The van der Waals surface area contributed by atoms with Gasteiger partial charge in [-0.05, 0) is 42.7 Å². The summed E-state index contributed by atoms with van der Waals surface area (Å²) in [6, 6.07) is 15.6. The molecule has 0 unspecified atom stereocenters. The van der Waals surface area contributed by atoms with Gasteiger partial charge in [-0.15, -0.1) is 0 Å². The van der Waals surface area contributed by atoms with E-state index in [0.29, 0.717) is 19.0 Å². The molecule has 1 saturated heterocycles. The van der Waals surface area contributed by atoms with Gasteiger partial charge in [-0.1, -0.05) is 24.3 Å². The number of fused-ring (bicyclic) bond motifs is 2. The van der Waals surface area contributed by atoms with Crippen molar-refractivity contribution >= 4 is 16.9 Å². The molecule has 0 N–H and O–H groups in total. The van der Waals surface area contributed by atoms with Crippen LogP contribution in [-0.4, -0.2) is 30.6 Å². The van der Waals surface area contributed by atoms with E-state index in [4.69, 9.17) is 13.9 Å². The minimum Gasteiger partial charge on any atom is -0.490 e. The van der Waals surface area contributed by atoms with E-state index < -0.39 is 0 Å². The molecule has 0 radical (unpaired) electrons. The minimum absolute atomic E-state index is 0.0304. The molecular weight excluding hydrogens is 342 g/mol. The zero-order chi connectivity index (χ0) is 18.2. The smallest absolute Gasteiger partial charge is 0.290 e. The maximum absolute atomic E-state index is 13.1. The van der Waals surface area contributed by atoms with Crippen LogP contribution in [0.15, 0.2) is 52.9 Å². The molecule has 2 aliphatic heterocycles. The lowest BCUT2D eigenvalue weighted by Crippen LogP contribution is -2.30. The SMILES string of the molecule is O=C(c1cc2ccccc2o1)N1CCC[C@@H]1c1ccc2c(c1)OCCCO2. The summed E-state index contributed by atoms with van der Waals surface area (Å²) >= 11 is 0. The average Bonchev–Trinajstić information content (AvgIpc) is 3.29. The predicted molar refractivity (Wildman–Crippen MR) is 101 cm³/mol. The number of furan rings is 1. The second-order valence-corrected chi connectivity index (χ2v) is 7.06. The summed E-state index contributed by atoms with van der Waals surface area (Å²) in [5.74, 6) is 1.90. The second kappa shape index (κ2) is 6.65. The first-order valence-corrected chi connectivity index (χ1v) is 9.49. The summed E-state index contributed by atoms with van der Waals surface area (Å²) in [6.45, 7) is 2.06. The van der Waals surface area contributed by atoms with E-state index in [1.54, 1.807) is 0 Å². The Morgan fingerprint density at radius 3 is 2.70 bits per heavy atom. The minimum atomic E-state index is -0.0548. The van der Waals surface area contributed by atoms with Gasteiger partial charge in [0.25, 0.3) is 5.91 Å². The van der Waals surface area contributed by atoms with Gasteiger partial charge >= 0.3 is 0 Å². The molecule has 0 spiro atoms. The fourth-order valence-electron chi connectivity index (χ4n) is 3.97. The fourth-order valence-corrected chi connectivity index (χ4v) is 3.97. The van der Waals surface area contributed by atoms with Crippen LogP contribution in [0.2, 0.25) is 0 Å². The van der Waals surface area contributed by atoms with E-state index in [0.717, 1.165) is 53.8 Å². The van der Waals surface area contributed by atoms with Crippen LogP contribution in [0.1, 0.15) is 41.4 Å². The van der Waals surface area contributed by atoms with Crippen molar-refractivity contribution in [1.29, 1.82) is 0 Å². The molecule has 2 aliphatic rings. The largest absolute Gasteiger partial charge is 0.490 e. The molecule has 1 atom stereocenters. The molecule has 1 amide bonds. The molecular formula is C22H21NO4. The Morgan fingerprint density at radius 2 is 1.81 bits per heavy atom. The van der Waals surface area contributed by atoms with Gasteiger partial charge in [0.05, 0.1) is 19.3 Å². The molecule has 5 heteroatoms. The van der Waals surface area contributed by atoms with Crippen molar-refractivity contribution in [3.8, 4) is 11.5 Å². The third-order valence-electron chi connectivity index (χ3n) is 5.31. The molecule has 2 aromatic carbocycles. The van der Waals surface area contributed by atoms with Crippen LogP contribution in [0.3, 0.4) is 0 Å². The predicted octanol–water partition coefficient (Wildman–Crippen LogP) is 4.57. The molecule has 138 valence electrons. The fraction of sp³-hybridized carbons (Fsp3) is 0.318. The molecule has 3 heterocycles. The topological polar surface area (TPSA) is 51.9 Å². The molecule has 1 fully saturated rings. The highest BCUT2D eigenvalue weighted by Gasteiger charge is 2.33.